The van der Waals surface area contributed by atoms with Crippen molar-refractivity contribution in [2.24, 2.45) is 10.8 Å². The average molecular weight is 275 g/mol. The van der Waals surface area contributed by atoms with Crippen molar-refractivity contribution in [3.8, 4) is 0 Å². The quantitative estimate of drug-likeness (QED) is 0.343. The Morgan fingerprint density at radius 1 is 1.15 bits per heavy atom. The van der Waals surface area contributed by atoms with Gasteiger partial charge in [0.05, 0.1) is 6.04 Å². The van der Waals surface area contributed by atoms with Crippen LogP contribution in [-0.2, 0) is 0 Å². The molecule has 0 aliphatic heterocycles. The predicted molar refractivity (Wildman–Crippen MR) is 86.0 cm³/mol. The topological polar surface area (TPSA) is 65.7 Å². The highest BCUT2D eigenvalue weighted by atomic mass is 15.3. The van der Waals surface area contributed by atoms with Crippen LogP contribution >= 0.6 is 0 Å². The van der Waals surface area contributed by atoms with Crippen molar-refractivity contribution in [1.29, 1.82) is 0 Å². The third kappa shape index (κ3) is 4.13. The Morgan fingerprint density at radius 2 is 1.80 bits per heavy atom. The van der Waals surface area contributed by atoms with Gasteiger partial charge in [-0.25, -0.2) is 10.8 Å². The maximum Gasteiger partial charge on any atom is 0.210 e. The number of aliphatic imine (C=N–C) groups is 1. The van der Waals surface area contributed by atoms with Gasteiger partial charge in [0, 0.05) is 25.5 Å². The molecule has 0 heterocycles. The fraction of sp³-hybridized carbons (Fsp3) is 0.533. The van der Waals surface area contributed by atoms with E-state index in [1.807, 2.05) is 26.2 Å². The average Bonchev–Trinajstić information content (AvgIpc) is 2.48. The van der Waals surface area contributed by atoms with Crippen LogP contribution in [0.15, 0.2) is 29.3 Å². The number of nitrogens with one attached hydrogen (secondary N) is 2. The van der Waals surface area contributed by atoms with Crippen molar-refractivity contribution in [2.75, 3.05) is 24.3 Å². The summed E-state index contributed by atoms with van der Waals surface area (Å²) in [6, 6.07) is 8.59. The van der Waals surface area contributed by atoms with E-state index in [1.165, 1.54) is 24.9 Å². The van der Waals surface area contributed by atoms with Gasteiger partial charge in [0.2, 0.25) is 5.96 Å². The van der Waals surface area contributed by atoms with E-state index in [2.05, 4.69) is 32.8 Å². The molecule has 110 valence electrons. The van der Waals surface area contributed by atoms with Gasteiger partial charge in [-0.2, -0.15) is 0 Å². The Morgan fingerprint density at radius 3 is 2.35 bits per heavy atom. The number of rotatable bonds is 3. The molecule has 0 amide bonds. The summed E-state index contributed by atoms with van der Waals surface area (Å²) in [6.45, 7) is 0. The van der Waals surface area contributed by atoms with Gasteiger partial charge in [-0.3, -0.25) is 5.43 Å². The zero-order chi connectivity index (χ0) is 14.4. The van der Waals surface area contributed by atoms with E-state index < -0.39 is 0 Å². The fourth-order valence-corrected chi connectivity index (χ4v) is 2.48. The molecule has 1 aliphatic carbocycles. The molecule has 0 saturated heterocycles. The molecule has 0 radical (unpaired) electrons. The van der Waals surface area contributed by atoms with Gasteiger partial charge in [-0.15, -0.1) is 0 Å². The number of nitrogens with zero attached hydrogens (tertiary/aromatic N) is 2. The van der Waals surface area contributed by atoms with E-state index in [4.69, 9.17) is 5.84 Å². The van der Waals surface area contributed by atoms with Crippen LogP contribution in [0.4, 0.5) is 11.4 Å². The Kier molecular flexibility index (Phi) is 5.24. The highest BCUT2D eigenvalue weighted by Gasteiger charge is 2.13. The van der Waals surface area contributed by atoms with E-state index in [1.54, 1.807) is 0 Å². The Bertz CT molecular complexity index is 432. The summed E-state index contributed by atoms with van der Waals surface area (Å²) < 4.78 is 0. The van der Waals surface area contributed by atoms with Crippen LogP contribution in [0.2, 0.25) is 0 Å². The first-order chi connectivity index (χ1) is 9.69. The molecule has 5 heteroatoms. The summed E-state index contributed by atoms with van der Waals surface area (Å²) in [6.07, 6.45) is 6.18. The molecule has 0 atom stereocenters. The van der Waals surface area contributed by atoms with Gasteiger partial charge < -0.3 is 10.2 Å². The monoisotopic (exact) mass is 275 g/mol. The smallest absolute Gasteiger partial charge is 0.210 e. The van der Waals surface area contributed by atoms with Gasteiger partial charge in [0.25, 0.3) is 0 Å². The number of guanidine groups is 1. The van der Waals surface area contributed by atoms with E-state index in [9.17, 15) is 0 Å². The highest BCUT2D eigenvalue weighted by Crippen LogP contribution is 2.20. The molecular formula is C15H25N5. The van der Waals surface area contributed by atoms with Crippen molar-refractivity contribution < 1.29 is 0 Å². The normalized spacial score (nSPS) is 16.9. The Hall–Kier alpha value is -1.75. The molecule has 0 unspecified atom stereocenters. The lowest BCUT2D eigenvalue weighted by Crippen LogP contribution is -2.37. The van der Waals surface area contributed by atoms with E-state index in [-0.39, 0.29) is 0 Å². The molecule has 0 aromatic heterocycles. The standard InChI is InChI=1S/C15H25N5/c1-20(2)14-10-8-13(9-11-14)18-15(19-16)17-12-6-4-3-5-7-12/h8-12H,3-7,16H2,1-2H3,(H2,17,18,19). The molecule has 1 aliphatic rings. The summed E-state index contributed by atoms with van der Waals surface area (Å²) in [5.74, 6) is 6.21. The Labute approximate surface area is 121 Å². The minimum absolute atomic E-state index is 0.392. The number of benzene rings is 1. The summed E-state index contributed by atoms with van der Waals surface area (Å²) in [5.41, 5.74) is 4.82. The lowest BCUT2D eigenvalue weighted by molar-refractivity contribution is 0.442. The molecule has 1 aromatic carbocycles. The van der Waals surface area contributed by atoms with Gasteiger partial charge in [0.1, 0.15) is 0 Å². The second kappa shape index (κ2) is 7.14. The molecular weight excluding hydrogens is 250 g/mol. The van der Waals surface area contributed by atoms with Gasteiger partial charge in [-0.05, 0) is 37.1 Å². The van der Waals surface area contributed by atoms with Crippen LogP contribution in [0.25, 0.3) is 0 Å². The SMILES string of the molecule is CN(C)c1ccc(NC(=NC2CCCCC2)NN)cc1. The largest absolute Gasteiger partial charge is 0.378 e. The number of anilines is 2. The lowest BCUT2D eigenvalue weighted by Gasteiger charge is -2.19. The van der Waals surface area contributed by atoms with Crippen LogP contribution in [0.1, 0.15) is 32.1 Å². The van der Waals surface area contributed by atoms with Gasteiger partial charge in [-0.1, -0.05) is 19.3 Å². The van der Waals surface area contributed by atoms with Crippen LogP contribution in [0.3, 0.4) is 0 Å². The van der Waals surface area contributed by atoms with Crippen molar-refractivity contribution in [2.45, 2.75) is 38.1 Å². The lowest BCUT2D eigenvalue weighted by atomic mass is 9.96. The maximum atomic E-state index is 5.56. The zero-order valence-electron chi connectivity index (χ0n) is 12.4. The minimum atomic E-state index is 0.392. The summed E-state index contributed by atoms with van der Waals surface area (Å²) in [5, 5.41) is 3.24. The zero-order valence-corrected chi connectivity index (χ0v) is 12.4. The molecule has 2 rings (SSSR count). The number of hydrazine groups is 1. The second-order valence-corrected chi connectivity index (χ2v) is 5.48. The van der Waals surface area contributed by atoms with E-state index in [0.717, 1.165) is 18.5 Å². The van der Waals surface area contributed by atoms with Crippen molar-refractivity contribution >= 4 is 17.3 Å². The Balaban J connectivity index is 1.99. The van der Waals surface area contributed by atoms with Crippen LogP contribution in [0.5, 0.6) is 0 Å². The van der Waals surface area contributed by atoms with Gasteiger partial charge >= 0.3 is 0 Å². The number of nitrogens with two attached hydrogens (primary N) is 1. The second-order valence-electron chi connectivity index (χ2n) is 5.48. The van der Waals surface area contributed by atoms with Crippen LogP contribution < -0.4 is 21.5 Å². The molecule has 1 saturated carbocycles. The van der Waals surface area contributed by atoms with Crippen LogP contribution in [0, 0.1) is 0 Å². The summed E-state index contributed by atoms with van der Waals surface area (Å²) in [4.78, 5) is 6.74. The maximum absolute atomic E-state index is 5.56. The van der Waals surface area contributed by atoms with Crippen LogP contribution in [-0.4, -0.2) is 26.1 Å². The first-order valence-corrected chi connectivity index (χ1v) is 7.28. The molecule has 1 aromatic rings. The minimum Gasteiger partial charge on any atom is -0.378 e. The first kappa shape index (κ1) is 14.7. The van der Waals surface area contributed by atoms with E-state index in [0.29, 0.717) is 12.0 Å². The van der Waals surface area contributed by atoms with E-state index >= 15 is 0 Å². The molecule has 0 bridgehead atoms. The highest BCUT2D eigenvalue weighted by molar-refractivity contribution is 5.93. The van der Waals surface area contributed by atoms with Gasteiger partial charge in [0.15, 0.2) is 0 Å². The first-order valence-electron chi connectivity index (χ1n) is 7.28. The fourth-order valence-electron chi connectivity index (χ4n) is 2.48. The summed E-state index contributed by atoms with van der Waals surface area (Å²) >= 11 is 0. The molecule has 4 N–H and O–H groups in total. The number of hydrogen-bond donors (Lipinski definition) is 3. The molecule has 5 nitrogen and oxygen atoms in total. The van der Waals surface area contributed by atoms with Crippen molar-refractivity contribution in [1.82, 2.24) is 5.43 Å². The predicted octanol–water partition coefficient (Wildman–Crippen LogP) is 2.32. The third-order valence-corrected chi connectivity index (χ3v) is 3.67. The molecule has 20 heavy (non-hydrogen) atoms. The third-order valence-electron chi connectivity index (χ3n) is 3.67. The van der Waals surface area contributed by atoms with Crippen molar-refractivity contribution in [3.05, 3.63) is 24.3 Å². The molecule has 0 spiro atoms. The van der Waals surface area contributed by atoms with Crippen molar-refractivity contribution in [3.63, 3.8) is 0 Å². The number of hydrogen-bond acceptors (Lipinski definition) is 3. The summed E-state index contributed by atoms with van der Waals surface area (Å²) in [7, 11) is 4.06. The molecule has 1 fully saturated rings.